The van der Waals surface area contributed by atoms with Crippen LogP contribution in [0.5, 0.6) is 0 Å². The highest BCUT2D eigenvalue weighted by Crippen LogP contribution is 2.44. The Hall–Kier alpha value is -3.65. The Labute approximate surface area is 208 Å². The van der Waals surface area contributed by atoms with Crippen molar-refractivity contribution in [3.05, 3.63) is 82.0 Å². The number of thiophene rings is 1. The molecule has 0 saturated heterocycles. The lowest BCUT2D eigenvalue weighted by atomic mass is 9.98. The molecule has 0 fully saturated rings. The van der Waals surface area contributed by atoms with Gasteiger partial charge in [-0.15, -0.1) is 0 Å². The van der Waals surface area contributed by atoms with E-state index in [2.05, 4.69) is 22.8 Å². The van der Waals surface area contributed by atoms with Crippen LogP contribution in [-0.4, -0.2) is 41.8 Å². The number of nitrogens with one attached hydrogen (secondary N) is 2. The maximum Gasteiger partial charge on any atom is 0.407 e. The second-order valence-electron chi connectivity index (χ2n) is 8.70. The fourth-order valence-corrected chi connectivity index (χ4v) is 5.16. The van der Waals surface area contributed by atoms with Gasteiger partial charge in [-0.2, -0.15) is 11.3 Å². The van der Waals surface area contributed by atoms with Gasteiger partial charge in [0, 0.05) is 18.4 Å². The van der Waals surface area contributed by atoms with Gasteiger partial charge in [0.05, 0.1) is 0 Å². The van der Waals surface area contributed by atoms with Crippen molar-refractivity contribution in [3.63, 3.8) is 0 Å². The van der Waals surface area contributed by atoms with Crippen LogP contribution < -0.4 is 10.6 Å². The summed E-state index contributed by atoms with van der Waals surface area (Å²) in [4.78, 5) is 36.6. The molecule has 0 spiro atoms. The Morgan fingerprint density at radius 2 is 1.66 bits per heavy atom. The highest BCUT2D eigenvalue weighted by Gasteiger charge is 2.30. The molecule has 0 aliphatic heterocycles. The van der Waals surface area contributed by atoms with Gasteiger partial charge in [-0.3, -0.25) is 9.59 Å². The predicted octanol–water partition coefficient (Wildman–Crippen LogP) is 4.57. The van der Waals surface area contributed by atoms with E-state index >= 15 is 0 Å². The zero-order valence-corrected chi connectivity index (χ0v) is 20.2. The van der Waals surface area contributed by atoms with Crippen LogP contribution in [0.15, 0.2) is 65.4 Å². The summed E-state index contributed by atoms with van der Waals surface area (Å²) in [6.07, 6.45) is -0.383. The van der Waals surface area contributed by atoms with Gasteiger partial charge in [0.15, 0.2) is 0 Å². The average molecular weight is 493 g/mol. The van der Waals surface area contributed by atoms with Crippen LogP contribution in [0.4, 0.5) is 4.79 Å². The fourth-order valence-electron chi connectivity index (χ4n) is 4.48. The number of carboxylic acid groups (broad SMARTS) is 1. The molecule has 0 radical (unpaired) electrons. The Morgan fingerprint density at radius 3 is 2.26 bits per heavy atom. The number of carboxylic acids is 1. The number of ether oxygens (including phenoxy) is 1. The first-order valence-electron chi connectivity index (χ1n) is 11.6. The molecule has 2 aromatic carbocycles. The maximum absolute atomic E-state index is 12.8. The first-order chi connectivity index (χ1) is 16.9. The SMILES string of the molecule is CC(Cc1ccsc1)NC(=O)C(CCC(=O)O)NC(=O)OCC1c2ccccc2-c2ccccc21. The summed E-state index contributed by atoms with van der Waals surface area (Å²) < 4.78 is 5.54. The maximum atomic E-state index is 12.8. The predicted molar refractivity (Wildman–Crippen MR) is 134 cm³/mol. The minimum Gasteiger partial charge on any atom is -0.481 e. The number of amides is 2. The topological polar surface area (TPSA) is 105 Å². The summed E-state index contributed by atoms with van der Waals surface area (Å²) in [7, 11) is 0. The van der Waals surface area contributed by atoms with E-state index in [0.29, 0.717) is 6.42 Å². The van der Waals surface area contributed by atoms with E-state index in [4.69, 9.17) is 9.84 Å². The Morgan fingerprint density at radius 1 is 1.00 bits per heavy atom. The van der Waals surface area contributed by atoms with Gasteiger partial charge in [-0.1, -0.05) is 48.5 Å². The van der Waals surface area contributed by atoms with Gasteiger partial charge >= 0.3 is 12.1 Å². The summed E-state index contributed by atoms with van der Waals surface area (Å²) in [5.74, 6) is -1.57. The molecule has 3 N–H and O–H groups in total. The van der Waals surface area contributed by atoms with Crippen LogP contribution in [0.1, 0.15) is 42.4 Å². The minimum absolute atomic E-state index is 0.0312. The molecule has 8 heteroatoms. The summed E-state index contributed by atoms with van der Waals surface area (Å²) >= 11 is 1.58. The van der Waals surface area contributed by atoms with E-state index in [1.54, 1.807) is 11.3 Å². The van der Waals surface area contributed by atoms with E-state index in [1.807, 2.05) is 60.1 Å². The van der Waals surface area contributed by atoms with Crippen LogP contribution in [0.2, 0.25) is 0 Å². The first kappa shape index (κ1) is 24.5. The molecule has 2 amide bonds. The molecule has 3 aromatic rings. The molecule has 2 unspecified atom stereocenters. The Kier molecular flexibility index (Phi) is 7.82. The number of carbonyl (C=O) groups excluding carboxylic acids is 2. The van der Waals surface area contributed by atoms with E-state index in [0.717, 1.165) is 27.8 Å². The third-order valence-corrected chi connectivity index (χ3v) is 6.84. The zero-order valence-electron chi connectivity index (χ0n) is 19.4. The Bertz CT molecular complexity index is 1150. The van der Waals surface area contributed by atoms with Crippen molar-refractivity contribution < 1.29 is 24.2 Å². The molecule has 0 saturated carbocycles. The lowest BCUT2D eigenvalue weighted by molar-refractivity contribution is -0.137. The summed E-state index contributed by atoms with van der Waals surface area (Å²) in [6.45, 7) is 1.98. The van der Waals surface area contributed by atoms with Crippen LogP contribution >= 0.6 is 11.3 Å². The van der Waals surface area contributed by atoms with Gasteiger partial charge in [0.1, 0.15) is 12.6 Å². The van der Waals surface area contributed by atoms with E-state index in [1.165, 1.54) is 0 Å². The van der Waals surface area contributed by atoms with Crippen molar-refractivity contribution in [1.82, 2.24) is 10.6 Å². The quantitative estimate of drug-likeness (QED) is 0.385. The standard InChI is InChI=1S/C27H28N2O5S/c1-17(14-18-12-13-35-16-18)28-26(32)24(10-11-25(30)31)29-27(33)34-15-23-21-8-4-2-6-19(21)20-7-3-5-9-22(20)23/h2-9,12-13,16-17,23-24H,10-11,14-15H2,1H3,(H,28,32)(H,29,33)(H,30,31). The van der Waals surface area contributed by atoms with Gasteiger partial charge in [-0.25, -0.2) is 4.79 Å². The first-order valence-corrected chi connectivity index (χ1v) is 12.5. The molecule has 2 atom stereocenters. The Balaban J connectivity index is 1.38. The third-order valence-electron chi connectivity index (χ3n) is 6.11. The molecule has 1 heterocycles. The number of fused-ring (bicyclic) bond motifs is 3. The van der Waals surface area contributed by atoms with Crippen LogP contribution in [0, 0.1) is 0 Å². The summed E-state index contributed by atoms with van der Waals surface area (Å²) in [6, 6.07) is 16.9. The molecular formula is C27H28N2O5S. The number of alkyl carbamates (subject to hydrolysis) is 1. The lowest BCUT2D eigenvalue weighted by Crippen LogP contribution is -2.49. The smallest absolute Gasteiger partial charge is 0.407 e. The highest BCUT2D eigenvalue weighted by molar-refractivity contribution is 7.07. The van der Waals surface area contributed by atoms with Crippen molar-refractivity contribution >= 4 is 29.3 Å². The van der Waals surface area contributed by atoms with Gasteiger partial charge in [-0.05, 0) is 64.4 Å². The molecule has 7 nitrogen and oxygen atoms in total. The second-order valence-corrected chi connectivity index (χ2v) is 9.48. The molecule has 1 aliphatic rings. The monoisotopic (exact) mass is 492 g/mol. The third kappa shape index (κ3) is 6.08. The van der Waals surface area contributed by atoms with E-state index in [9.17, 15) is 14.4 Å². The van der Waals surface area contributed by atoms with Crippen LogP contribution in [0.25, 0.3) is 11.1 Å². The second kappa shape index (κ2) is 11.2. The summed E-state index contributed by atoms with van der Waals surface area (Å²) in [5, 5.41) is 18.5. The number of aliphatic carboxylic acids is 1. The van der Waals surface area contributed by atoms with Crippen LogP contribution in [0.3, 0.4) is 0 Å². The zero-order chi connectivity index (χ0) is 24.8. The number of rotatable bonds is 10. The van der Waals surface area contributed by atoms with Crippen molar-refractivity contribution in [2.45, 2.75) is 44.2 Å². The van der Waals surface area contributed by atoms with Gasteiger partial charge in [0.2, 0.25) is 5.91 Å². The fraction of sp³-hybridized carbons (Fsp3) is 0.296. The molecule has 35 heavy (non-hydrogen) atoms. The number of carbonyl (C=O) groups is 3. The van der Waals surface area contributed by atoms with Crippen LogP contribution in [-0.2, 0) is 20.7 Å². The van der Waals surface area contributed by atoms with E-state index in [-0.39, 0.29) is 31.4 Å². The molecular weight excluding hydrogens is 464 g/mol. The molecule has 0 bridgehead atoms. The van der Waals surface area contributed by atoms with Crippen molar-refractivity contribution in [2.24, 2.45) is 0 Å². The van der Waals surface area contributed by atoms with Crippen molar-refractivity contribution in [2.75, 3.05) is 6.61 Å². The number of hydrogen-bond acceptors (Lipinski definition) is 5. The number of hydrogen-bond donors (Lipinski definition) is 3. The highest BCUT2D eigenvalue weighted by atomic mass is 32.1. The van der Waals surface area contributed by atoms with E-state index < -0.39 is 24.0 Å². The van der Waals surface area contributed by atoms with Crippen molar-refractivity contribution in [1.29, 1.82) is 0 Å². The average Bonchev–Trinajstić information content (AvgIpc) is 3.46. The molecule has 1 aromatic heterocycles. The summed E-state index contributed by atoms with van der Waals surface area (Å²) in [5.41, 5.74) is 5.52. The minimum atomic E-state index is -1.04. The van der Waals surface area contributed by atoms with Crippen molar-refractivity contribution in [3.8, 4) is 11.1 Å². The number of benzene rings is 2. The molecule has 182 valence electrons. The van der Waals surface area contributed by atoms with Gasteiger partial charge in [0.25, 0.3) is 0 Å². The van der Waals surface area contributed by atoms with Gasteiger partial charge < -0.3 is 20.5 Å². The molecule has 1 aliphatic carbocycles. The lowest BCUT2D eigenvalue weighted by Gasteiger charge is -2.21. The normalized spacial score (nSPS) is 13.9. The molecule has 4 rings (SSSR count). The largest absolute Gasteiger partial charge is 0.481 e.